The lowest BCUT2D eigenvalue weighted by Gasteiger charge is -2.34. The molecule has 2 N–H and O–H groups in total. The van der Waals surface area contributed by atoms with Crippen molar-refractivity contribution in [3.63, 3.8) is 0 Å². The molecule has 0 saturated carbocycles. The van der Waals surface area contributed by atoms with Gasteiger partial charge in [0.2, 0.25) is 10.0 Å². The molecule has 0 atom stereocenters. The van der Waals surface area contributed by atoms with Crippen LogP contribution in [-0.2, 0) is 10.0 Å². The van der Waals surface area contributed by atoms with Crippen LogP contribution < -0.4 is 14.9 Å². The highest BCUT2D eigenvalue weighted by atomic mass is 32.2. The van der Waals surface area contributed by atoms with E-state index in [1.54, 1.807) is 12.1 Å². The van der Waals surface area contributed by atoms with Crippen LogP contribution in [0.1, 0.15) is 42.6 Å². The van der Waals surface area contributed by atoms with E-state index < -0.39 is 10.0 Å². The Hall–Kier alpha value is -2.89. The van der Waals surface area contributed by atoms with Gasteiger partial charge < -0.3 is 10.2 Å². The quantitative estimate of drug-likeness (QED) is 0.689. The third-order valence-corrected chi connectivity index (χ3v) is 6.74. The molecule has 2 aromatic rings. The molecule has 0 aromatic heterocycles. The number of rotatable bonds is 7. The number of anilines is 1. The van der Waals surface area contributed by atoms with E-state index in [0.29, 0.717) is 17.7 Å². The van der Waals surface area contributed by atoms with Crippen LogP contribution in [-0.4, -0.2) is 40.0 Å². The summed E-state index contributed by atoms with van der Waals surface area (Å²) in [6, 6.07) is 15.7. The van der Waals surface area contributed by atoms with Crippen molar-refractivity contribution in [3.8, 4) is 6.07 Å². The Kier molecular flexibility index (Phi) is 7.31. The molecule has 1 saturated heterocycles. The highest BCUT2D eigenvalue weighted by Gasteiger charge is 2.22. The van der Waals surface area contributed by atoms with Gasteiger partial charge in [0.05, 0.1) is 16.5 Å². The number of hydrogen-bond donors (Lipinski definition) is 2. The third kappa shape index (κ3) is 6.06. The Balaban J connectivity index is 1.53. The van der Waals surface area contributed by atoms with E-state index >= 15 is 0 Å². The summed E-state index contributed by atoms with van der Waals surface area (Å²) in [5, 5.41) is 12.0. The minimum atomic E-state index is -3.57. The van der Waals surface area contributed by atoms with Crippen molar-refractivity contribution >= 4 is 21.6 Å². The number of nitriles is 1. The van der Waals surface area contributed by atoms with Crippen molar-refractivity contribution < 1.29 is 13.2 Å². The molecule has 1 aliphatic rings. The van der Waals surface area contributed by atoms with Gasteiger partial charge in [-0.25, -0.2) is 13.1 Å². The first-order valence-electron chi connectivity index (χ1n) is 10.4. The minimum Gasteiger partial charge on any atom is -0.371 e. The lowest BCUT2D eigenvalue weighted by Crippen LogP contribution is -2.44. The second kappa shape index (κ2) is 9.94. The summed E-state index contributed by atoms with van der Waals surface area (Å²) in [6.45, 7) is 5.87. The van der Waals surface area contributed by atoms with Gasteiger partial charge in [-0.15, -0.1) is 0 Å². The van der Waals surface area contributed by atoms with Crippen molar-refractivity contribution in [1.82, 2.24) is 10.0 Å². The highest BCUT2D eigenvalue weighted by molar-refractivity contribution is 7.89. The topological polar surface area (TPSA) is 102 Å². The number of amides is 1. The summed E-state index contributed by atoms with van der Waals surface area (Å²) in [5.41, 5.74) is 2.16. The van der Waals surface area contributed by atoms with Gasteiger partial charge in [-0.2, -0.15) is 5.26 Å². The normalized spacial score (nSPS) is 15.0. The summed E-state index contributed by atoms with van der Waals surface area (Å²) in [4.78, 5) is 15.0. The van der Waals surface area contributed by atoms with Gasteiger partial charge in [0, 0.05) is 36.9 Å². The zero-order valence-corrected chi connectivity index (χ0v) is 18.7. The molecule has 2 aromatic carbocycles. The first kappa shape index (κ1) is 22.8. The molecule has 31 heavy (non-hydrogen) atoms. The Morgan fingerprint density at radius 1 is 1.10 bits per heavy atom. The maximum absolute atomic E-state index is 12.6. The van der Waals surface area contributed by atoms with E-state index in [1.165, 1.54) is 12.1 Å². The Morgan fingerprint density at radius 3 is 2.26 bits per heavy atom. The molecule has 0 spiro atoms. The van der Waals surface area contributed by atoms with Crippen molar-refractivity contribution in [2.75, 3.05) is 24.5 Å². The van der Waals surface area contributed by atoms with E-state index in [1.807, 2.05) is 38.1 Å². The van der Waals surface area contributed by atoms with Crippen molar-refractivity contribution in [2.45, 2.75) is 37.6 Å². The predicted molar refractivity (Wildman–Crippen MR) is 120 cm³/mol. The van der Waals surface area contributed by atoms with E-state index in [2.05, 4.69) is 21.0 Å². The fourth-order valence-electron chi connectivity index (χ4n) is 3.44. The second-order valence-corrected chi connectivity index (χ2v) is 9.93. The van der Waals surface area contributed by atoms with Crippen LogP contribution in [0.2, 0.25) is 0 Å². The molecule has 0 unspecified atom stereocenters. The number of hydrogen-bond acceptors (Lipinski definition) is 5. The molecule has 0 radical (unpaired) electrons. The summed E-state index contributed by atoms with van der Waals surface area (Å²) in [7, 11) is -3.57. The monoisotopic (exact) mass is 440 g/mol. The van der Waals surface area contributed by atoms with E-state index in [4.69, 9.17) is 5.26 Å². The maximum Gasteiger partial charge on any atom is 0.251 e. The molecule has 0 bridgehead atoms. The molecule has 3 rings (SSSR count). The van der Waals surface area contributed by atoms with Crippen LogP contribution in [0.5, 0.6) is 0 Å². The fraction of sp³-hybridized carbons (Fsp3) is 0.391. The first-order chi connectivity index (χ1) is 14.8. The molecule has 8 heteroatoms. The minimum absolute atomic E-state index is 0.0678. The average Bonchev–Trinajstić information content (AvgIpc) is 2.78. The lowest BCUT2D eigenvalue weighted by atomic mass is 10.0. The molecule has 164 valence electrons. The summed E-state index contributed by atoms with van der Waals surface area (Å²) < 4.78 is 27.1. The largest absolute Gasteiger partial charge is 0.371 e. The van der Waals surface area contributed by atoms with Crippen LogP contribution in [0, 0.1) is 17.2 Å². The zero-order chi connectivity index (χ0) is 22.4. The standard InChI is InChI=1S/C23H28N4O3S/c1-17(2)16-25-31(29,30)22-9-5-19(6-10-22)23(28)26-20-11-13-27(14-12-20)21-7-3-18(15-24)4-8-21/h3-10,17,20,25H,11-14,16H2,1-2H3,(H,26,28). The number of sulfonamides is 1. The number of benzene rings is 2. The van der Waals surface area contributed by atoms with Crippen LogP contribution in [0.4, 0.5) is 5.69 Å². The van der Waals surface area contributed by atoms with Gasteiger partial charge in [-0.3, -0.25) is 4.79 Å². The van der Waals surface area contributed by atoms with Gasteiger partial charge in [-0.1, -0.05) is 13.8 Å². The van der Waals surface area contributed by atoms with E-state index in [9.17, 15) is 13.2 Å². The van der Waals surface area contributed by atoms with E-state index in [0.717, 1.165) is 31.6 Å². The predicted octanol–water partition coefficient (Wildman–Crippen LogP) is 2.89. The van der Waals surface area contributed by atoms with Crippen LogP contribution in [0.3, 0.4) is 0 Å². The van der Waals surface area contributed by atoms with Gasteiger partial charge in [-0.05, 0) is 67.3 Å². The summed E-state index contributed by atoms with van der Waals surface area (Å²) >= 11 is 0. The molecule has 1 amide bonds. The number of piperidine rings is 1. The van der Waals surface area contributed by atoms with Gasteiger partial charge in [0.15, 0.2) is 0 Å². The van der Waals surface area contributed by atoms with Gasteiger partial charge in [0.25, 0.3) is 5.91 Å². The summed E-state index contributed by atoms with van der Waals surface area (Å²) in [6.07, 6.45) is 1.63. The van der Waals surface area contributed by atoms with Gasteiger partial charge in [0.1, 0.15) is 0 Å². The smallest absolute Gasteiger partial charge is 0.251 e. The highest BCUT2D eigenvalue weighted by Crippen LogP contribution is 2.21. The Labute approximate surface area is 184 Å². The number of nitrogens with one attached hydrogen (secondary N) is 2. The number of carbonyl (C=O) groups excluding carboxylic acids is 1. The van der Waals surface area contributed by atoms with Crippen LogP contribution >= 0.6 is 0 Å². The van der Waals surface area contributed by atoms with Crippen LogP contribution in [0.15, 0.2) is 53.4 Å². The van der Waals surface area contributed by atoms with Crippen molar-refractivity contribution in [2.24, 2.45) is 5.92 Å². The Morgan fingerprint density at radius 2 is 1.71 bits per heavy atom. The van der Waals surface area contributed by atoms with Crippen LogP contribution in [0.25, 0.3) is 0 Å². The van der Waals surface area contributed by atoms with E-state index in [-0.39, 0.29) is 22.8 Å². The Bertz CT molecular complexity index is 1030. The first-order valence-corrected chi connectivity index (χ1v) is 11.9. The molecule has 7 nitrogen and oxygen atoms in total. The third-order valence-electron chi connectivity index (χ3n) is 5.30. The molecule has 1 heterocycles. The fourth-order valence-corrected chi connectivity index (χ4v) is 4.66. The van der Waals surface area contributed by atoms with Crippen molar-refractivity contribution in [3.05, 3.63) is 59.7 Å². The molecule has 0 aliphatic carbocycles. The van der Waals surface area contributed by atoms with Crippen molar-refractivity contribution in [1.29, 1.82) is 5.26 Å². The number of nitrogens with zero attached hydrogens (tertiary/aromatic N) is 2. The maximum atomic E-state index is 12.6. The molecule has 1 aliphatic heterocycles. The SMILES string of the molecule is CC(C)CNS(=O)(=O)c1ccc(C(=O)NC2CCN(c3ccc(C#N)cc3)CC2)cc1. The molecule has 1 fully saturated rings. The zero-order valence-electron chi connectivity index (χ0n) is 17.8. The average molecular weight is 441 g/mol. The molecular formula is C23H28N4O3S. The second-order valence-electron chi connectivity index (χ2n) is 8.16. The number of carbonyl (C=O) groups is 1. The molecular weight excluding hydrogens is 412 g/mol. The summed E-state index contributed by atoms with van der Waals surface area (Å²) in [5.74, 6) is 0.0130. The lowest BCUT2D eigenvalue weighted by molar-refractivity contribution is 0.0931. The van der Waals surface area contributed by atoms with Gasteiger partial charge >= 0.3 is 0 Å².